The van der Waals surface area contributed by atoms with E-state index in [1.807, 2.05) is 27.7 Å². The third kappa shape index (κ3) is 3.22. The minimum absolute atomic E-state index is 0.00860. The standard InChI is InChI=1S/C20H32N2O5S/c1-6-11(10-23)22-15(16(24)21-19(3,4)5)20-9-8-12(28-20)13(14(20)17(22)25)18(26)27-7-2/h11-15,23H,6-10H2,1-5H3,(H,21,24)/t11-,12-,13+,14-,15?,20?/m0/s1. The van der Waals surface area contributed by atoms with Crippen molar-refractivity contribution >= 4 is 29.5 Å². The van der Waals surface area contributed by atoms with Crippen molar-refractivity contribution in [3.8, 4) is 0 Å². The first-order chi connectivity index (χ1) is 13.1. The van der Waals surface area contributed by atoms with E-state index in [2.05, 4.69) is 5.32 Å². The molecule has 7 nitrogen and oxygen atoms in total. The Morgan fingerprint density at radius 3 is 2.61 bits per heavy atom. The Morgan fingerprint density at radius 2 is 2.07 bits per heavy atom. The number of rotatable bonds is 6. The van der Waals surface area contributed by atoms with Crippen LogP contribution in [0.15, 0.2) is 0 Å². The lowest BCUT2D eigenvalue weighted by Crippen LogP contribution is -2.59. The zero-order valence-electron chi connectivity index (χ0n) is 17.4. The maximum absolute atomic E-state index is 13.5. The summed E-state index contributed by atoms with van der Waals surface area (Å²) in [5.74, 6) is -1.81. The topological polar surface area (TPSA) is 95.9 Å². The van der Waals surface area contributed by atoms with E-state index >= 15 is 0 Å². The number of carbonyl (C=O) groups excluding carboxylic acids is 3. The molecule has 3 heterocycles. The highest BCUT2D eigenvalue weighted by atomic mass is 32.2. The summed E-state index contributed by atoms with van der Waals surface area (Å²) in [6.45, 7) is 9.44. The van der Waals surface area contributed by atoms with Gasteiger partial charge in [-0.1, -0.05) is 6.92 Å². The van der Waals surface area contributed by atoms with E-state index in [9.17, 15) is 19.5 Å². The van der Waals surface area contributed by atoms with E-state index in [4.69, 9.17) is 4.74 Å². The molecule has 3 fully saturated rings. The maximum atomic E-state index is 13.5. The Balaban J connectivity index is 2.04. The highest BCUT2D eigenvalue weighted by molar-refractivity contribution is 8.02. The SMILES string of the molecule is CCOC(=O)[C@@H]1[C@@H]2CCC3(S2)C(C(=O)NC(C)(C)C)N([C@@H](CC)CO)C(=O)[C@H]13. The molecule has 8 heteroatoms. The van der Waals surface area contributed by atoms with Crippen molar-refractivity contribution in [1.82, 2.24) is 10.2 Å². The zero-order chi connectivity index (χ0) is 20.9. The molecule has 0 aromatic rings. The summed E-state index contributed by atoms with van der Waals surface area (Å²) in [7, 11) is 0. The Labute approximate surface area is 170 Å². The second kappa shape index (κ2) is 7.52. The molecule has 0 saturated carbocycles. The first-order valence-corrected chi connectivity index (χ1v) is 11.1. The number of nitrogens with one attached hydrogen (secondary N) is 1. The number of carbonyl (C=O) groups is 3. The van der Waals surface area contributed by atoms with Crippen LogP contribution in [0, 0.1) is 11.8 Å². The summed E-state index contributed by atoms with van der Waals surface area (Å²) >= 11 is 1.61. The van der Waals surface area contributed by atoms with Gasteiger partial charge in [0, 0.05) is 10.8 Å². The van der Waals surface area contributed by atoms with Crippen LogP contribution >= 0.6 is 11.8 Å². The van der Waals surface area contributed by atoms with Gasteiger partial charge in [0.1, 0.15) is 6.04 Å². The number of thioether (sulfide) groups is 1. The van der Waals surface area contributed by atoms with Crippen LogP contribution in [0.1, 0.15) is 53.9 Å². The van der Waals surface area contributed by atoms with Crippen LogP contribution in [-0.2, 0) is 19.1 Å². The molecule has 3 aliphatic heterocycles. The molecule has 3 aliphatic rings. The van der Waals surface area contributed by atoms with Gasteiger partial charge in [-0.25, -0.2) is 0 Å². The minimum atomic E-state index is -0.684. The number of hydrogen-bond donors (Lipinski definition) is 2. The number of likely N-dealkylation sites (tertiary alicyclic amines) is 1. The summed E-state index contributed by atoms with van der Waals surface area (Å²) in [6, 6.07) is -1.12. The molecule has 3 saturated heterocycles. The molecule has 0 aromatic heterocycles. The summed E-state index contributed by atoms with van der Waals surface area (Å²) in [5, 5.41) is 12.9. The fourth-order valence-corrected chi connectivity index (χ4v) is 7.34. The molecule has 0 aromatic carbocycles. The molecule has 28 heavy (non-hydrogen) atoms. The van der Waals surface area contributed by atoms with Crippen molar-refractivity contribution in [2.45, 2.75) is 81.5 Å². The fourth-order valence-electron chi connectivity index (χ4n) is 5.14. The van der Waals surface area contributed by atoms with Gasteiger partial charge in [0.05, 0.1) is 35.8 Å². The maximum Gasteiger partial charge on any atom is 0.310 e. The summed E-state index contributed by atoms with van der Waals surface area (Å²) in [6.07, 6.45) is 2.05. The molecule has 6 atom stereocenters. The number of fused-ring (bicyclic) bond motifs is 1. The zero-order valence-corrected chi connectivity index (χ0v) is 18.2. The van der Waals surface area contributed by atoms with Crippen molar-refractivity contribution < 1.29 is 24.2 Å². The Bertz CT molecular complexity index is 659. The lowest BCUT2D eigenvalue weighted by Gasteiger charge is -2.38. The van der Waals surface area contributed by atoms with Gasteiger partial charge in [-0.05, 0) is 47.0 Å². The van der Waals surface area contributed by atoms with Gasteiger partial charge >= 0.3 is 5.97 Å². The van der Waals surface area contributed by atoms with E-state index in [0.717, 1.165) is 12.8 Å². The third-order valence-electron chi connectivity index (χ3n) is 6.12. The van der Waals surface area contributed by atoms with E-state index < -0.39 is 34.2 Å². The largest absolute Gasteiger partial charge is 0.466 e. The molecule has 3 rings (SSSR count). The number of aliphatic hydroxyl groups is 1. The molecule has 158 valence electrons. The van der Waals surface area contributed by atoms with Crippen molar-refractivity contribution in [3.05, 3.63) is 0 Å². The molecular weight excluding hydrogens is 380 g/mol. The lowest BCUT2D eigenvalue weighted by atomic mass is 9.71. The number of aliphatic hydroxyl groups excluding tert-OH is 1. The number of esters is 1. The van der Waals surface area contributed by atoms with Crippen LogP contribution < -0.4 is 5.32 Å². The van der Waals surface area contributed by atoms with Crippen molar-refractivity contribution in [2.24, 2.45) is 11.8 Å². The van der Waals surface area contributed by atoms with Crippen LogP contribution in [0.2, 0.25) is 0 Å². The quantitative estimate of drug-likeness (QED) is 0.639. The van der Waals surface area contributed by atoms with Crippen LogP contribution in [0.3, 0.4) is 0 Å². The molecule has 2 unspecified atom stereocenters. The molecule has 0 radical (unpaired) electrons. The van der Waals surface area contributed by atoms with Gasteiger partial charge < -0.3 is 20.1 Å². The predicted molar refractivity (Wildman–Crippen MR) is 107 cm³/mol. The van der Waals surface area contributed by atoms with Gasteiger partial charge in [-0.2, -0.15) is 0 Å². The Hall–Kier alpha value is -1.28. The van der Waals surface area contributed by atoms with E-state index in [1.54, 1.807) is 23.6 Å². The molecule has 2 bridgehead atoms. The second-order valence-electron chi connectivity index (χ2n) is 9.04. The molecule has 1 spiro atoms. The minimum Gasteiger partial charge on any atom is -0.466 e. The normalized spacial score (nSPS) is 35.1. The van der Waals surface area contributed by atoms with Gasteiger partial charge in [-0.15, -0.1) is 11.8 Å². The average Bonchev–Trinajstić information content (AvgIpc) is 3.23. The van der Waals surface area contributed by atoms with Crippen LogP contribution in [0.25, 0.3) is 0 Å². The fraction of sp³-hybridized carbons (Fsp3) is 0.850. The average molecular weight is 413 g/mol. The van der Waals surface area contributed by atoms with E-state index in [-0.39, 0.29) is 36.2 Å². The molecule has 2 N–H and O–H groups in total. The van der Waals surface area contributed by atoms with Crippen LogP contribution in [-0.4, -0.2) is 68.6 Å². The number of ether oxygens (including phenoxy) is 1. The van der Waals surface area contributed by atoms with E-state index in [0.29, 0.717) is 6.42 Å². The van der Waals surface area contributed by atoms with Crippen molar-refractivity contribution in [1.29, 1.82) is 0 Å². The highest BCUT2D eigenvalue weighted by Crippen LogP contribution is 2.66. The summed E-state index contributed by atoms with van der Waals surface area (Å²) in [5.41, 5.74) is -0.441. The number of nitrogens with zero attached hydrogens (tertiary/aromatic N) is 1. The molecular formula is C20H32N2O5S. The summed E-state index contributed by atoms with van der Waals surface area (Å²) in [4.78, 5) is 41.2. The van der Waals surface area contributed by atoms with Crippen molar-refractivity contribution in [3.63, 3.8) is 0 Å². The van der Waals surface area contributed by atoms with Crippen LogP contribution in [0.5, 0.6) is 0 Å². The van der Waals surface area contributed by atoms with Gasteiger partial charge in [0.25, 0.3) is 0 Å². The van der Waals surface area contributed by atoms with Gasteiger partial charge in [0.2, 0.25) is 11.8 Å². The first kappa shape index (κ1) is 21.4. The molecule has 0 aliphatic carbocycles. The van der Waals surface area contributed by atoms with E-state index in [1.165, 1.54) is 0 Å². The first-order valence-electron chi connectivity index (χ1n) is 10.2. The number of hydrogen-bond acceptors (Lipinski definition) is 6. The van der Waals surface area contributed by atoms with Gasteiger partial charge in [0.15, 0.2) is 0 Å². The Kier molecular flexibility index (Phi) is 5.75. The lowest BCUT2D eigenvalue weighted by molar-refractivity contribution is -0.154. The number of amides is 2. The van der Waals surface area contributed by atoms with Gasteiger partial charge in [-0.3, -0.25) is 14.4 Å². The summed E-state index contributed by atoms with van der Waals surface area (Å²) < 4.78 is 4.66. The monoisotopic (exact) mass is 412 g/mol. The Morgan fingerprint density at radius 1 is 1.39 bits per heavy atom. The van der Waals surface area contributed by atoms with Crippen LogP contribution in [0.4, 0.5) is 0 Å². The predicted octanol–water partition coefficient (Wildman–Crippen LogP) is 1.33. The second-order valence-corrected chi connectivity index (χ2v) is 10.6. The third-order valence-corrected chi connectivity index (χ3v) is 8.07. The highest BCUT2D eigenvalue weighted by Gasteiger charge is 2.74. The molecule has 2 amide bonds. The van der Waals surface area contributed by atoms with Crippen molar-refractivity contribution in [2.75, 3.05) is 13.2 Å². The smallest absolute Gasteiger partial charge is 0.310 e.